The summed E-state index contributed by atoms with van der Waals surface area (Å²) in [6, 6.07) is 13.1. The minimum atomic E-state index is -1.01. The van der Waals surface area contributed by atoms with E-state index in [1.807, 2.05) is 31.2 Å². The zero-order valence-electron chi connectivity index (χ0n) is 14.0. The van der Waals surface area contributed by atoms with Crippen LogP contribution in [0.4, 0.5) is 10.2 Å². The van der Waals surface area contributed by atoms with Gasteiger partial charge < -0.3 is 5.32 Å². The molecule has 1 aromatic heterocycles. The van der Waals surface area contributed by atoms with Crippen molar-refractivity contribution in [2.45, 2.75) is 18.4 Å². The van der Waals surface area contributed by atoms with Crippen LogP contribution < -0.4 is 5.32 Å². The van der Waals surface area contributed by atoms with Gasteiger partial charge in [0.1, 0.15) is 11.6 Å². The Labute approximate surface area is 152 Å². The molecular weight excluding hydrogens is 353 g/mol. The summed E-state index contributed by atoms with van der Waals surface area (Å²) in [4.78, 5) is 12.6. The van der Waals surface area contributed by atoms with E-state index in [-0.39, 0.29) is 5.91 Å². The molecule has 0 saturated heterocycles. The average molecular weight is 369 g/mol. The van der Waals surface area contributed by atoms with Crippen LogP contribution in [0.15, 0.2) is 48.5 Å². The second-order valence-corrected chi connectivity index (χ2v) is 7.62. The maximum Gasteiger partial charge on any atom is 0.256 e. The standard InChI is InChI=1S/C19H16FN3O2S/c1-12-4-2-3-5-17(12)23-18(15-10-26(25)11-16(15)22-23)21-19(24)13-6-8-14(20)9-7-13/h2-9H,10-11H2,1H3,(H,21,24)/t26-/m0/s1. The number of benzene rings is 2. The number of aromatic nitrogens is 2. The van der Waals surface area contributed by atoms with Gasteiger partial charge in [-0.2, -0.15) is 5.10 Å². The molecule has 1 amide bonds. The molecule has 1 aliphatic rings. The van der Waals surface area contributed by atoms with Crippen molar-refractivity contribution < 1.29 is 13.4 Å². The number of carbonyl (C=O) groups excluding carboxylic acids is 1. The summed E-state index contributed by atoms with van der Waals surface area (Å²) in [6.45, 7) is 1.96. The molecule has 3 aromatic rings. The van der Waals surface area contributed by atoms with Crippen LogP contribution in [0.1, 0.15) is 27.2 Å². The summed E-state index contributed by atoms with van der Waals surface area (Å²) in [6.07, 6.45) is 0. The lowest BCUT2D eigenvalue weighted by Gasteiger charge is -2.13. The smallest absolute Gasteiger partial charge is 0.256 e. The summed E-state index contributed by atoms with van der Waals surface area (Å²) in [5.41, 5.74) is 3.73. The summed E-state index contributed by atoms with van der Waals surface area (Å²) >= 11 is 0. The monoisotopic (exact) mass is 369 g/mol. The first-order valence-corrected chi connectivity index (χ1v) is 9.60. The predicted molar refractivity (Wildman–Crippen MR) is 98.2 cm³/mol. The van der Waals surface area contributed by atoms with E-state index in [2.05, 4.69) is 10.4 Å². The van der Waals surface area contributed by atoms with Crippen molar-refractivity contribution in [2.75, 3.05) is 5.32 Å². The highest BCUT2D eigenvalue weighted by Crippen LogP contribution is 2.32. The van der Waals surface area contributed by atoms with Crippen molar-refractivity contribution in [2.24, 2.45) is 0 Å². The number of fused-ring (bicyclic) bond motifs is 1. The Morgan fingerprint density at radius 3 is 2.62 bits per heavy atom. The third kappa shape index (κ3) is 2.94. The third-order valence-corrected chi connectivity index (χ3v) is 5.56. The number of nitrogens with one attached hydrogen (secondary N) is 1. The van der Waals surface area contributed by atoms with Crippen LogP contribution in [0.5, 0.6) is 0 Å². The van der Waals surface area contributed by atoms with Gasteiger partial charge in [0.25, 0.3) is 5.91 Å². The largest absolute Gasteiger partial charge is 0.306 e. The zero-order valence-corrected chi connectivity index (χ0v) is 14.8. The first kappa shape index (κ1) is 16.7. The minimum Gasteiger partial charge on any atom is -0.306 e. The van der Waals surface area contributed by atoms with Gasteiger partial charge in [0.05, 0.1) is 22.9 Å². The molecule has 0 aliphatic carbocycles. The summed E-state index contributed by atoms with van der Waals surface area (Å²) in [5.74, 6) is 0.505. The number of hydrogen-bond donors (Lipinski definition) is 1. The van der Waals surface area contributed by atoms with E-state index in [1.54, 1.807) is 4.68 Å². The topological polar surface area (TPSA) is 64.0 Å². The Hall–Kier alpha value is -2.80. The normalized spacial score (nSPS) is 15.7. The first-order chi connectivity index (χ1) is 12.5. The SMILES string of the molecule is Cc1ccccc1-n1nc2c(c1NC(=O)c1ccc(F)cc1)C[S@](=O)C2. The Morgan fingerprint density at radius 2 is 1.88 bits per heavy atom. The van der Waals surface area contributed by atoms with Gasteiger partial charge in [-0.05, 0) is 42.8 Å². The maximum absolute atomic E-state index is 13.1. The molecule has 1 N–H and O–H groups in total. The molecule has 1 atom stereocenters. The number of rotatable bonds is 3. The van der Waals surface area contributed by atoms with E-state index < -0.39 is 16.6 Å². The van der Waals surface area contributed by atoms with E-state index in [1.165, 1.54) is 24.3 Å². The van der Waals surface area contributed by atoms with Crippen LogP contribution in [0.3, 0.4) is 0 Å². The number of aryl methyl sites for hydroxylation is 1. The van der Waals surface area contributed by atoms with Crippen molar-refractivity contribution in [3.63, 3.8) is 0 Å². The van der Waals surface area contributed by atoms with Gasteiger partial charge in [0.15, 0.2) is 0 Å². The summed E-state index contributed by atoms with van der Waals surface area (Å²) in [5, 5.41) is 7.46. The molecule has 132 valence electrons. The lowest BCUT2D eigenvalue weighted by atomic mass is 10.2. The molecule has 26 heavy (non-hydrogen) atoms. The van der Waals surface area contributed by atoms with Gasteiger partial charge in [0.2, 0.25) is 0 Å². The molecule has 0 radical (unpaired) electrons. The number of para-hydroxylation sites is 1. The average Bonchev–Trinajstić information content (AvgIpc) is 3.13. The molecule has 2 aromatic carbocycles. The van der Waals surface area contributed by atoms with Crippen LogP contribution in [0.2, 0.25) is 0 Å². The highest BCUT2D eigenvalue weighted by Gasteiger charge is 2.28. The molecule has 0 spiro atoms. The fourth-order valence-corrected chi connectivity index (χ4v) is 4.28. The van der Waals surface area contributed by atoms with Crippen LogP contribution in [0.25, 0.3) is 5.69 Å². The van der Waals surface area contributed by atoms with Gasteiger partial charge in [0, 0.05) is 21.9 Å². The Kier molecular flexibility index (Phi) is 4.16. The highest BCUT2D eigenvalue weighted by atomic mass is 32.2. The Balaban J connectivity index is 1.77. The van der Waals surface area contributed by atoms with E-state index in [0.717, 1.165) is 22.5 Å². The molecule has 0 bridgehead atoms. The van der Waals surface area contributed by atoms with Gasteiger partial charge >= 0.3 is 0 Å². The number of anilines is 1. The fraction of sp³-hybridized carbons (Fsp3) is 0.158. The lowest BCUT2D eigenvalue weighted by Crippen LogP contribution is -2.17. The molecular formula is C19H16FN3O2S. The van der Waals surface area contributed by atoms with E-state index >= 15 is 0 Å². The lowest BCUT2D eigenvalue weighted by molar-refractivity contribution is 0.102. The maximum atomic E-state index is 13.1. The van der Waals surface area contributed by atoms with Gasteiger partial charge in [-0.3, -0.25) is 9.00 Å². The van der Waals surface area contributed by atoms with Crippen LogP contribution in [0, 0.1) is 12.7 Å². The van der Waals surface area contributed by atoms with E-state index in [4.69, 9.17) is 0 Å². The zero-order chi connectivity index (χ0) is 18.3. The van der Waals surface area contributed by atoms with Crippen molar-refractivity contribution in [1.29, 1.82) is 0 Å². The Bertz CT molecular complexity index is 1030. The predicted octanol–water partition coefficient (Wildman–Crippen LogP) is 3.33. The minimum absolute atomic E-state index is 0.344. The third-order valence-electron chi connectivity index (χ3n) is 4.35. The number of amides is 1. The van der Waals surface area contributed by atoms with Crippen molar-refractivity contribution in [3.8, 4) is 5.69 Å². The number of halogens is 1. The molecule has 0 unspecified atom stereocenters. The van der Waals surface area contributed by atoms with Crippen LogP contribution >= 0.6 is 0 Å². The molecule has 1 aliphatic heterocycles. The molecule has 7 heteroatoms. The van der Waals surface area contributed by atoms with Gasteiger partial charge in [-0.1, -0.05) is 18.2 Å². The highest BCUT2D eigenvalue weighted by molar-refractivity contribution is 7.83. The van der Waals surface area contributed by atoms with Gasteiger partial charge in [-0.25, -0.2) is 9.07 Å². The van der Waals surface area contributed by atoms with Gasteiger partial charge in [-0.15, -0.1) is 0 Å². The molecule has 2 heterocycles. The summed E-state index contributed by atoms with van der Waals surface area (Å²) in [7, 11) is -1.01. The van der Waals surface area contributed by atoms with Crippen molar-refractivity contribution in [3.05, 3.63) is 76.7 Å². The Morgan fingerprint density at radius 1 is 1.15 bits per heavy atom. The second-order valence-electron chi connectivity index (χ2n) is 6.16. The van der Waals surface area contributed by atoms with E-state index in [0.29, 0.717) is 22.9 Å². The fourth-order valence-electron chi connectivity index (χ4n) is 3.01. The molecule has 0 saturated carbocycles. The first-order valence-electron chi connectivity index (χ1n) is 8.11. The second kappa shape index (κ2) is 6.49. The quantitative estimate of drug-likeness (QED) is 0.770. The molecule has 0 fully saturated rings. The molecule has 5 nitrogen and oxygen atoms in total. The van der Waals surface area contributed by atoms with Crippen LogP contribution in [-0.2, 0) is 22.3 Å². The van der Waals surface area contributed by atoms with Crippen LogP contribution in [-0.4, -0.2) is 19.9 Å². The number of nitrogens with zero attached hydrogens (tertiary/aromatic N) is 2. The van der Waals surface area contributed by atoms with E-state index in [9.17, 15) is 13.4 Å². The van der Waals surface area contributed by atoms with Crippen molar-refractivity contribution >= 4 is 22.5 Å². The number of carbonyl (C=O) groups is 1. The molecule has 4 rings (SSSR count). The number of hydrogen-bond acceptors (Lipinski definition) is 3. The van der Waals surface area contributed by atoms with Crippen molar-refractivity contribution in [1.82, 2.24) is 9.78 Å². The summed E-state index contributed by atoms with van der Waals surface area (Å²) < 4.78 is 26.7.